The lowest BCUT2D eigenvalue weighted by molar-refractivity contribution is 0.0875. The summed E-state index contributed by atoms with van der Waals surface area (Å²) in [6.07, 6.45) is 0.861. The van der Waals surface area contributed by atoms with E-state index in [-0.39, 0.29) is 26.6 Å². The van der Waals surface area contributed by atoms with E-state index in [0.717, 1.165) is 0 Å². The summed E-state index contributed by atoms with van der Waals surface area (Å²) < 4.78 is 32.0. The molecule has 100 valence electrons. The van der Waals surface area contributed by atoms with E-state index in [1.54, 1.807) is 0 Å². The fourth-order valence-electron chi connectivity index (χ4n) is 0.646. The van der Waals surface area contributed by atoms with E-state index in [1.165, 1.54) is 0 Å². The quantitative estimate of drug-likeness (QED) is 0.556. The van der Waals surface area contributed by atoms with E-state index >= 15 is 0 Å². The predicted octanol–water partition coefficient (Wildman–Crippen LogP) is 0.710. The Labute approximate surface area is 95.2 Å². The minimum absolute atomic E-state index is 0.0201. The molecule has 0 fully saturated rings. The van der Waals surface area contributed by atoms with Gasteiger partial charge in [-0.1, -0.05) is 0 Å². The smallest absolute Gasteiger partial charge is 0.0916 e. The zero-order chi connectivity index (χ0) is 12.5. The second kappa shape index (κ2) is 20.2. The summed E-state index contributed by atoms with van der Waals surface area (Å²) in [7, 11) is 0. The number of hydrogen-bond donors (Lipinski definition) is 2. The molecule has 0 atom stereocenters. The molecular weight excluding hydrogens is 222 g/mol. The molecule has 16 heavy (non-hydrogen) atoms. The highest BCUT2D eigenvalue weighted by Gasteiger charge is 1.84. The van der Waals surface area contributed by atoms with Crippen LogP contribution in [0.5, 0.6) is 0 Å². The lowest BCUT2D eigenvalue weighted by Crippen LogP contribution is -2.00. The van der Waals surface area contributed by atoms with Crippen molar-refractivity contribution in [3.05, 3.63) is 0 Å². The van der Waals surface area contributed by atoms with E-state index in [1.807, 2.05) is 0 Å². The third-order valence-electron chi connectivity index (χ3n) is 1.32. The highest BCUT2D eigenvalue weighted by Crippen LogP contribution is 1.82. The van der Waals surface area contributed by atoms with E-state index < -0.39 is 0 Å². The standard InChI is InChI=1S/2C5H11FO2/c2*6-2-1-4-8-5-3-7/h2*7H,1-5H2. The molecule has 4 nitrogen and oxygen atoms in total. The van der Waals surface area contributed by atoms with Crippen molar-refractivity contribution in [2.75, 3.05) is 53.0 Å². The first-order valence-corrected chi connectivity index (χ1v) is 5.32. The van der Waals surface area contributed by atoms with Crippen LogP contribution < -0.4 is 0 Å². The third-order valence-corrected chi connectivity index (χ3v) is 1.32. The third kappa shape index (κ3) is 23.5. The van der Waals surface area contributed by atoms with Crippen molar-refractivity contribution in [2.45, 2.75) is 12.8 Å². The average molecular weight is 244 g/mol. The van der Waals surface area contributed by atoms with Gasteiger partial charge in [-0.2, -0.15) is 0 Å². The molecule has 0 aromatic carbocycles. The molecule has 0 heterocycles. The van der Waals surface area contributed by atoms with Gasteiger partial charge >= 0.3 is 0 Å². The van der Waals surface area contributed by atoms with Crippen LogP contribution in [-0.2, 0) is 9.47 Å². The SMILES string of the molecule is OCCOCCCF.OCCOCCCF. The molecule has 0 aliphatic rings. The van der Waals surface area contributed by atoms with Crippen molar-refractivity contribution in [3.63, 3.8) is 0 Å². The molecule has 0 unspecified atom stereocenters. The molecule has 0 radical (unpaired) electrons. The highest BCUT2D eigenvalue weighted by atomic mass is 19.1. The summed E-state index contributed by atoms with van der Waals surface area (Å²) in [6, 6.07) is 0. The van der Waals surface area contributed by atoms with Crippen LogP contribution in [0.2, 0.25) is 0 Å². The van der Waals surface area contributed by atoms with E-state index in [9.17, 15) is 8.78 Å². The number of aliphatic hydroxyl groups excluding tert-OH is 2. The molecule has 0 aromatic heterocycles. The summed E-state index contributed by atoms with van der Waals surface area (Å²) in [6.45, 7) is 0.823. The Bertz CT molecular complexity index is 82.8. The molecule has 0 rings (SSSR count). The molecule has 0 spiro atoms. The van der Waals surface area contributed by atoms with Gasteiger partial charge in [-0.05, 0) is 12.8 Å². The van der Waals surface area contributed by atoms with Crippen molar-refractivity contribution in [2.24, 2.45) is 0 Å². The van der Waals surface area contributed by atoms with Gasteiger partial charge < -0.3 is 19.7 Å². The fraction of sp³-hybridized carbons (Fsp3) is 1.00. The van der Waals surface area contributed by atoms with Crippen LogP contribution in [0, 0.1) is 0 Å². The summed E-state index contributed by atoms with van der Waals surface area (Å²) in [4.78, 5) is 0. The molecular formula is C10H22F2O4. The van der Waals surface area contributed by atoms with Gasteiger partial charge in [0.2, 0.25) is 0 Å². The highest BCUT2D eigenvalue weighted by molar-refractivity contribution is 4.31. The number of alkyl halides is 2. The first-order valence-electron chi connectivity index (χ1n) is 5.32. The second-order valence-electron chi connectivity index (χ2n) is 2.76. The number of halogens is 2. The number of aliphatic hydroxyl groups is 2. The Kier molecular flexibility index (Phi) is 22.8. The van der Waals surface area contributed by atoms with Crippen LogP contribution in [0.3, 0.4) is 0 Å². The maximum atomic E-state index is 11.3. The first kappa shape index (κ1) is 18.1. The van der Waals surface area contributed by atoms with Gasteiger partial charge in [0.1, 0.15) is 0 Å². The maximum absolute atomic E-state index is 11.3. The van der Waals surface area contributed by atoms with Gasteiger partial charge in [0.05, 0.1) is 39.8 Å². The lowest BCUT2D eigenvalue weighted by atomic mass is 10.5. The summed E-state index contributed by atoms with van der Waals surface area (Å²) in [5, 5.41) is 16.3. The van der Waals surface area contributed by atoms with Crippen molar-refractivity contribution in [3.8, 4) is 0 Å². The van der Waals surface area contributed by atoms with E-state index in [2.05, 4.69) is 0 Å². The van der Waals surface area contributed by atoms with Crippen LogP contribution >= 0.6 is 0 Å². The Morgan fingerprint density at radius 1 is 0.688 bits per heavy atom. The van der Waals surface area contributed by atoms with Crippen molar-refractivity contribution < 1.29 is 28.5 Å². The minimum Gasteiger partial charge on any atom is -0.394 e. The molecule has 2 N–H and O–H groups in total. The molecule has 0 saturated carbocycles. The molecule has 0 aliphatic heterocycles. The topological polar surface area (TPSA) is 58.9 Å². The Hall–Kier alpha value is -0.300. The van der Waals surface area contributed by atoms with Crippen molar-refractivity contribution >= 4 is 0 Å². The van der Waals surface area contributed by atoms with Crippen LogP contribution in [0.4, 0.5) is 8.78 Å². The molecule has 0 saturated heterocycles. The van der Waals surface area contributed by atoms with Crippen molar-refractivity contribution in [1.82, 2.24) is 0 Å². The number of hydrogen-bond acceptors (Lipinski definition) is 4. The molecule has 0 aliphatic carbocycles. The van der Waals surface area contributed by atoms with Gasteiger partial charge in [0, 0.05) is 13.2 Å². The van der Waals surface area contributed by atoms with Gasteiger partial charge in [-0.15, -0.1) is 0 Å². The summed E-state index contributed by atoms with van der Waals surface area (Å²) >= 11 is 0. The molecule has 0 bridgehead atoms. The normalized spacial score (nSPS) is 9.75. The largest absolute Gasteiger partial charge is 0.394 e. The summed E-state index contributed by atoms with van der Waals surface area (Å²) in [5.74, 6) is 0. The van der Waals surface area contributed by atoms with Gasteiger partial charge in [0.15, 0.2) is 0 Å². The Morgan fingerprint density at radius 3 is 1.31 bits per heavy atom. The van der Waals surface area contributed by atoms with Gasteiger partial charge in [-0.25, -0.2) is 0 Å². The molecule has 6 heteroatoms. The number of ether oxygens (including phenoxy) is 2. The minimum atomic E-state index is -0.342. The van der Waals surface area contributed by atoms with Gasteiger partial charge in [-0.3, -0.25) is 8.78 Å². The fourth-order valence-corrected chi connectivity index (χ4v) is 0.646. The van der Waals surface area contributed by atoms with Crippen LogP contribution in [0.1, 0.15) is 12.8 Å². The number of rotatable bonds is 10. The average Bonchev–Trinajstić information content (AvgIpc) is 2.31. The Morgan fingerprint density at radius 2 is 1.06 bits per heavy atom. The lowest BCUT2D eigenvalue weighted by Gasteiger charge is -1.96. The van der Waals surface area contributed by atoms with Gasteiger partial charge in [0.25, 0.3) is 0 Å². The zero-order valence-electron chi connectivity index (χ0n) is 9.54. The summed E-state index contributed by atoms with van der Waals surface area (Å²) in [5.41, 5.74) is 0. The van der Waals surface area contributed by atoms with Crippen LogP contribution in [0.15, 0.2) is 0 Å². The zero-order valence-corrected chi connectivity index (χ0v) is 9.54. The Balaban J connectivity index is 0. The van der Waals surface area contributed by atoms with Crippen LogP contribution in [-0.4, -0.2) is 63.2 Å². The molecule has 0 amide bonds. The van der Waals surface area contributed by atoms with Crippen molar-refractivity contribution in [1.29, 1.82) is 0 Å². The van der Waals surface area contributed by atoms with Crippen LogP contribution in [0.25, 0.3) is 0 Å². The molecule has 0 aromatic rings. The second-order valence-corrected chi connectivity index (χ2v) is 2.76. The monoisotopic (exact) mass is 244 g/mol. The van der Waals surface area contributed by atoms with E-state index in [0.29, 0.717) is 39.3 Å². The van der Waals surface area contributed by atoms with E-state index in [4.69, 9.17) is 19.7 Å². The maximum Gasteiger partial charge on any atom is 0.0916 e. The predicted molar refractivity (Wildman–Crippen MR) is 57.0 cm³/mol. The first-order chi connectivity index (χ1) is 7.83.